The summed E-state index contributed by atoms with van der Waals surface area (Å²) in [6.45, 7) is 0. The highest BCUT2D eigenvalue weighted by Crippen LogP contribution is 2.34. The lowest BCUT2D eigenvalue weighted by Gasteiger charge is -2.19. The molecule has 0 aromatic heterocycles. The molecule has 1 aromatic rings. The van der Waals surface area contributed by atoms with Crippen LogP contribution in [0.4, 0.5) is 5.69 Å². The van der Waals surface area contributed by atoms with E-state index in [1.165, 1.54) is 29.5 Å². The van der Waals surface area contributed by atoms with Crippen LogP contribution in [0.1, 0.15) is 29.5 Å². The molecule has 1 heterocycles. The average molecular weight is 187 g/mol. The van der Waals surface area contributed by atoms with Crippen LogP contribution >= 0.6 is 0 Å². The number of amides is 1. The maximum absolute atomic E-state index is 11.3. The van der Waals surface area contributed by atoms with Crippen LogP contribution < -0.4 is 5.32 Å². The maximum Gasteiger partial charge on any atom is 0.224 e. The van der Waals surface area contributed by atoms with Crippen LogP contribution in [-0.4, -0.2) is 5.91 Å². The lowest BCUT2D eigenvalue weighted by atomic mass is 9.96. The van der Waals surface area contributed by atoms with Crippen LogP contribution in [0.3, 0.4) is 0 Å². The van der Waals surface area contributed by atoms with Gasteiger partial charge in [-0.05, 0) is 42.4 Å². The summed E-state index contributed by atoms with van der Waals surface area (Å²) in [5.41, 5.74) is 5.29. The van der Waals surface area contributed by atoms with Gasteiger partial charge < -0.3 is 5.32 Å². The van der Waals surface area contributed by atoms with Crippen molar-refractivity contribution < 1.29 is 4.79 Å². The van der Waals surface area contributed by atoms with E-state index in [2.05, 4.69) is 17.4 Å². The first-order valence-electron chi connectivity index (χ1n) is 5.28. The number of hydrogen-bond donors (Lipinski definition) is 1. The molecule has 0 spiro atoms. The quantitative estimate of drug-likeness (QED) is 0.661. The van der Waals surface area contributed by atoms with Crippen LogP contribution in [0.15, 0.2) is 12.1 Å². The van der Waals surface area contributed by atoms with Gasteiger partial charge in [-0.3, -0.25) is 4.79 Å². The second-order valence-corrected chi connectivity index (χ2v) is 4.14. The zero-order valence-corrected chi connectivity index (χ0v) is 8.10. The Hall–Kier alpha value is -1.31. The molecule has 2 heteroatoms. The standard InChI is InChI=1S/C12H13NO/c14-11-7-6-9-5-4-8-2-1-3-10(8)12(9)13-11/h4-5H,1-3,6-7H2,(H,13,14). The summed E-state index contributed by atoms with van der Waals surface area (Å²) in [4.78, 5) is 11.3. The lowest BCUT2D eigenvalue weighted by Crippen LogP contribution is -2.20. The van der Waals surface area contributed by atoms with Crippen LogP contribution in [0.2, 0.25) is 0 Å². The topological polar surface area (TPSA) is 29.1 Å². The zero-order chi connectivity index (χ0) is 9.54. The predicted octanol–water partition coefficient (Wildman–Crippen LogP) is 2.06. The van der Waals surface area contributed by atoms with Crippen molar-refractivity contribution in [2.75, 3.05) is 5.32 Å². The van der Waals surface area contributed by atoms with E-state index in [-0.39, 0.29) is 5.91 Å². The molecule has 1 aliphatic heterocycles. The van der Waals surface area contributed by atoms with Gasteiger partial charge in [-0.1, -0.05) is 12.1 Å². The second kappa shape index (κ2) is 2.84. The molecule has 0 radical (unpaired) electrons. The monoisotopic (exact) mass is 187 g/mol. The third kappa shape index (κ3) is 1.07. The fourth-order valence-electron chi connectivity index (χ4n) is 2.53. The molecule has 2 nitrogen and oxygen atoms in total. The Bertz CT molecular complexity index is 409. The van der Waals surface area contributed by atoms with Crippen molar-refractivity contribution in [3.05, 3.63) is 28.8 Å². The summed E-state index contributed by atoms with van der Waals surface area (Å²) >= 11 is 0. The Balaban J connectivity index is 2.16. The lowest BCUT2D eigenvalue weighted by molar-refractivity contribution is -0.116. The molecular formula is C12H13NO. The van der Waals surface area contributed by atoms with E-state index in [9.17, 15) is 4.79 Å². The SMILES string of the molecule is O=C1CCc2ccc3c(c2N1)CCC3. The van der Waals surface area contributed by atoms with E-state index in [0.717, 1.165) is 18.5 Å². The summed E-state index contributed by atoms with van der Waals surface area (Å²) in [5.74, 6) is 0.179. The summed E-state index contributed by atoms with van der Waals surface area (Å²) in [7, 11) is 0. The van der Waals surface area contributed by atoms with Crippen molar-refractivity contribution in [2.24, 2.45) is 0 Å². The molecule has 0 bridgehead atoms. The zero-order valence-electron chi connectivity index (χ0n) is 8.10. The average Bonchev–Trinajstić information content (AvgIpc) is 2.65. The summed E-state index contributed by atoms with van der Waals surface area (Å²) in [6, 6.07) is 4.41. The van der Waals surface area contributed by atoms with Gasteiger partial charge in [-0.25, -0.2) is 0 Å². The smallest absolute Gasteiger partial charge is 0.224 e. The summed E-state index contributed by atoms with van der Waals surface area (Å²) in [6.07, 6.45) is 5.11. The molecule has 0 unspecified atom stereocenters. The van der Waals surface area contributed by atoms with Gasteiger partial charge >= 0.3 is 0 Å². The highest BCUT2D eigenvalue weighted by molar-refractivity contribution is 5.95. The molecule has 0 saturated carbocycles. The minimum absolute atomic E-state index is 0.179. The number of carbonyl (C=O) groups is 1. The Kier molecular flexibility index (Phi) is 1.63. The molecule has 14 heavy (non-hydrogen) atoms. The van der Waals surface area contributed by atoms with Gasteiger partial charge in [0.05, 0.1) is 0 Å². The fourth-order valence-corrected chi connectivity index (χ4v) is 2.53. The van der Waals surface area contributed by atoms with Gasteiger partial charge in [0.15, 0.2) is 0 Å². The van der Waals surface area contributed by atoms with E-state index >= 15 is 0 Å². The van der Waals surface area contributed by atoms with E-state index in [1.807, 2.05) is 0 Å². The first-order valence-corrected chi connectivity index (χ1v) is 5.28. The number of fused-ring (bicyclic) bond motifs is 3. The molecular weight excluding hydrogens is 174 g/mol. The Labute approximate surface area is 83.3 Å². The molecule has 1 N–H and O–H groups in total. The van der Waals surface area contributed by atoms with E-state index in [4.69, 9.17) is 0 Å². The van der Waals surface area contributed by atoms with Gasteiger partial charge in [0, 0.05) is 12.1 Å². The number of rotatable bonds is 0. The Morgan fingerprint density at radius 3 is 2.79 bits per heavy atom. The van der Waals surface area contributed by atoms with Gasteiger partial charge in [-0.2, -0.15) is 0 Å². The molecule has 0 saturated heterocycles. The highest BCUT2D eigenvalue weighted by atomic mass is 16.1. The largest absolute Gasteiger partial charge is 0.326 e. The maximum atomic E-state index is 11.3. The Morgan fingerprint density at radius 1 is 1.00 bits per heavy atom. The highest BCUT2D eigenvalue weighted by Gasteiger charge is 2.22. The predicted molar refractivity (Wildman–Crippen MR) is 55.4 cm³/mol. The van der Waals surface area contributed by atoms with Crippen molar-refractivity contribution in [3.8, 4) is 0 Å². The number of hydrogen-bond acceptors (Lipinski definition) is 1. The van der Waals surface area contributed by atoms with Gasteiger partial charge in [0.1, 0.15) is 0 Å². The van der Waals surface area contributed by atoms with Crippen LogP contribution in [0.25, 0.3) is 0 Å². The van der Waals surface area contributed by atoms with Crippen LogP contribution in [0, 0.1) is 0 Å². The molecule has 1 amide bonds. The van der Waals surface area contributed by atoms with Crippen LogP contribution in [-0.2, 0) is 24.1 Å². The van der Waals surface area contributed by atoms with E-state index in [0.29, 0.717) is 6.42 Å². The second-order valence-electron chi connectivity index (χ2n) is 4.14. The number of carbonyl (C=O) groups excluding carboxylic acids is 1. The van der Waals surface area contributed by atoms with Crippen molar-refractivity contribution >= 4 is 11.6 Å². The van der Waals surface area contributed by atoms with Crippen molar-refractivity contribution in [2.45, 2.75) is 32.1 Å². The number of nitrogens with one attached hydrogen (secondary N) is 1. The summed E-state index contributed by atoms with van der Waals surface area (Å²) < 4.78 is 0. The normalized spacial score (nSPS) is 18.7. The van der Waals surface area contributed by atoms with Gasteiger partial charge in [-0.15, -0.1) is 0 Å². The molecule has 0 atom stereocenters. The van der Waals surface area contributed by atoms with Crippen LogP contribution in [0.5, 0.6) is 0 Å². The first kappa shape index (κ1) is 8.04. The summed E-state index contributed by atoms with van der Waals surface area (Å²) in [5, 5.41) is 3.02. The molecule has 2 aliphatic rings. The molecule has 1 aliphatic carbocycles. The van der Waals surface area contributed by atoms with Gasteiger partial charge in [0.2, 0.25) is 5.91 Å². The minimum atomic E-state index is 0.179. The molecule has 72 valence electrons. The van der Waals surface area contributed by atoms with Crippen molar-refractivity contribution in [3.63, 3.8) is 0 Å². The van der Waals surface area contributed by atoms with Crippen molar-refractivity contribution in [1.82, 2.24) is 0 Å². The molecule has 1 aromatic carbocycles. The third-order valence-electron chi connectivity index (χ3n) is 3.25. The van der Waals surface area contributed by atoms with E-state index in [1.54, 1.807) is 0 Å². The van der Waals surface area contributed by atoms with E-state index < -0.39 is 0 Å². The first-order chi connectivity index (χ1) is 6.84. The van der Waals surface area contributed by atoms with Crippen molar-refractivity contribution in [1.29, 1.82) is 0 Å². The Morgan fingerprint density at radius 2 is 1.86 bits per heavy atom. The molecule has 0 fully saturated rings. The number of aryl methyl sites for hydroxylation is 2. The fraction of sp³-hybridized carbons (Fsp3) is 0.417. The van der Waals surface area contributed by atoms with Gasteiger partial charge in [0.25, 0.3) is 0 Å². The minimum Gasteiger partial charge on any atom is -0.326 e. The number of benzene rings is 1. The molecule has 3 rings (SSSR count). The number of anilines is 1. The third-order valence-corrected chi connectivity index (χ3v) is 3.25.